The van der Waals surface area contributed by atoms with Crippen LogP contribution in [0.3, 0.4) is 0 Å². The predicted octanol–water partition coefficient (Wildman–Crippen LogP) is 0.280. The van der Waals surface area contributed by atoms with E-state index in [0.29, 0.717) is 23.4 Å². The summed E-state index contributed by atoms with van der Waals surface area (Å²) in [5.41, 5.74) is 1.53. The number of carbonyl (C=O) groups excluding carboxylic acids is 2. The average Bonchev–Trinajstić information content (AvgIpc) is 2.68. The van der Waals surface area contributed by atoms with E-state index >= 15 is 0 Å². The molecule has 1 aliphatic rings. The van der Waals surface area contributed by atoms with Crippen molar-refractivity contribution in [2.45, 2.75) is 6.42 Å². The zero-order valence-electron chi connectivity index (χ0n) is 9.12. The molecule has 0 saturated heterocycles. The molecular formula is C11H8N4O3. The van der Waals surface area contributed by atoms with Crippen LogP contribution in [0.4, 0.5) is 5.69 Å². The van der Waals surface area contributed by atoms with E-state index in [1.54, 1.807) is 6.07 Å². The highest BCUT2D eigenvalue weighted by Crippen LogP contribution is 2.28. The van der Waals surface area contributed by atoms with Crippen molar-refractivity contribution in [3.05, 3.63) is 29.6 Å². The van der Waals surface area contributed by atoms with Crippen LogP contribution in [0.25, 0.3) is 5.69 Å². The number of aromatic hydroxyl groups is 1. The van der Waals surface area contributed by atoms with Crippen LogP contribution in [0, 0.1) is 0 Å². The van der Waals surface area contributed by atoms with Gasteiger partial charge in [-0.25, -0.2) is 4.68 Å². The summed E-state index contributed by atoms with van der Waals surface area (Å²) in [6.07, 6.45) is 0.566. The second-order valence-corrected chi connectivity index (χ2v) is 3.88. The van der Waals surface area contributed by atoms with Gasteiger partial charge in [-0.1, -0.05) is 5.21 Å². The molecule has 1 amide bonds. The number of aromatic nitrogens is 3. The minimum absolute atomic E-state index is 0.0104. The maximum Gasteiger partial charge on any atom is 0.230 e. The predicted molar refractivity (Wildman–Crippen MR) is 60.7 cm³/mol. The molecule has 2 aromatic rings. The van der Waals surface area contributed by atoms with Crippen molar-refractivity contribution in [3.63, 3.8) is 0 Å². The van der Waals surface area contributed by atoms with Gasteiger partial charge in [0.25, 0.3) is 0 Å². The number of amides is 1. The number of carbonyl (C=O) groups is 2. The highest BCUT2D eigenvalue weighted by Gasteiger charge is 2.23. The van der Waals surface area contributed by atoms with Gasteiger partial charge in [-0.3, -0.25) is 9.59 Å². The van der Waals surface area contributed by atoms with Crippen LogP contribution in [-0.4, -0.2) is 32.3 Å². The molecule has 1 aromatic carbocycles. The Morgan fingerprint density at radius 1 is 1.44 bits per heavy atom. The molecule has 18 heavy (non-hydrogen) atoms. The molecule has 7 heteroatoms. The third-order valence-corrected chi connectivity index (χ3v) is 2.72. The van der Waals surface area contributed by atoms with Gasteiger partial charge in [-0.15, -0.1) is 5.10 Å². The molecule has 0 radical (unpaired) electrons. The van der Waals surface area contributed by atoms with Crippen molar-refractivity contribution >= 4 is 17.9 Å². The molecule has 0 bridgehead atoms. The SMILES string of the molecule is O=Cc1nnn2c1CC(=O)Nc1ccc(O)cc1-2. The Morgan fingerprint density at radius 2 is 2.28 bits per heavy atom. The summed E-state index contributed by atoms with van der Waals surface area (Å²) in [6.45, 7) is 0. The van der Waals surface area contributed by atoms with Gasteiger partial charge in [0.2, 0.25) is 5.91 Å². The number of phenolic OH excluding ortho intramolecular Hbond substituents is 1. The molecule has 0 saturated carbocycles. The molecule has 0 unspecified atom stereocenters. The highest BCUT2D eigenvalue weighted by molar-refractivity contribution is 5.96. The van der Waals surface area contributed by atoms with Gasteiger partial charge in [0.15, 0.2) is 6.29 Å². The lowest BCUT2D eigenvalue weighted by molar-refractivity contribution is -0.115. The molecule has 0 atom stereocenters. The summed E-state index contributed by atoms with van der Waals surface area (Å²) < 4.78 is 1.39. The van der Waals surface area contributed by atoms with Crippen LogP contribution in [-0.2, 0) is 11.2 Å². The number of nitrogens with zero attached hydrogens (tertiary/aromatic N) is 3. The fourth-order valence-corrected chi connectivity index (χ4v) is 1.91. The Bertz CT molecular complexity index is 662. The number of benzene rings is 1. The molecule has 2 N–H and O–H groups in total. The lowest BCUT2D eigenvalue weighted by Gasteiger charge is -2.07. The first-order valence-corrected chi connectivity index (χ1v) is 5.22. The number of hydrogen-bond acceptors (Lipinski definition) is 5. The molecule has 2 heterocycles. The van der Waals surface area contributed by atoms with Crippen molar-refractivity contribution < 1.29 is 14.7 Å². The summed E-state index contributed by atoms with van der Waals surface area (Å²) >= 11 is 0. The summed E-state index contributed by atoms with van der Waals surface area (Å²) in [5.74, 6) is -0.218. The maximum absolute atomic E-state index is 11.7. The number of rotatable bonds is 1. The van der Waals surface area contributed by atoms with Crippen LogP contribution >= 0.6 is 0 Å². The van der Waals surface area contributed by atoms with Gasteiger partial charge in [0, 0.05) is 6.07 Å². The number of aldehydes is 1. The van der Waals surface area contributed by atoms with E-state index in [2.05, 4.69) is 15.6 Å². The Balaban J connectivity index is 2.30. The quantitative estimate of drug-likeness (QED) is 0.554. The molecule has 7 nitrogen and oxygen atoms in total. The number of nitrogens with one attached hydrogen (secondary N) is 1. The second kappa shape index (κ2) is 3.66. The van der Waals surface area contributed by atoms with Gasteiger partial charge < -0.3 is 10.4 Å². The van der Waals surface area contributed by atoms with E-state index in [0.717, 1.165) is 0 Å². The Kier molecular flexibility index (Phi) is 2.12. The minimum Gasteiger partial charge on any atom is -0.508 e. The van der Waals surface area contributed by atoms with Crippen LogP contribution in [0.15, 0.2) is 18.2 Å². The zero-order valence-corrected chi connectivity index (χ0v) is 9.12. The molecule has 1 aliphatic heterocycles. The molecule has 0 spiro atoms. The van der Waals surface area contributed by atoms with Crippen LogP contribution in [0.1, 0.15) is 16.2 Å². The third-order valence-electron chi connectivity index (χ3n) is 2.72. The molecule has 1 aromatic heterocycles. The van der Waals surface area contributed by atoms with Gasteiger partial charge in [0.1, 0.15) is 11.4 Å². The van der Waals surface area contributed by atoms with E-state index in [4.69, 9.17) is 0 Å². The van der Waals surface area contributed by atoms with Crippen molar-refractivity contribution in [2.75, 3.05) is 5.32 Å². The van der Waals surface area contributed by atoms with E-state index in [9.17, 15) is 14.7 Å². The van der Waals surface area contributed by atoms with E-state index < -0.39 is 0 Å². The Hall–Kier alpha value is -2.70. The number of fused-ring (bicyclic) bond motifs is 3. The summed E-state index contributed by atoms with van der Waals surface area (Å²) in [6, 6.07) is 4.48. The van der Waals surface area contributed by atoms with Crippen molar-refractivity contribution in [3.8, 4) is 11.4 Å². The van der Waals surface area contributed by atoms with Crippen LogP contribution in [0.5, 0.6) is 5.75 Å². The third kappa shape index (κ3) is 1.45. The topological polar surface area (TPSA) is 97.1 Å². The fraction of sp³-hybridized carbons (Fsp3) is 0.0909. The summed E-state index contributed by atoms with van der Waals surface area (Å²) in [5, 5.41) is 19.7. The maximum atomic E-state index is 11.7. The Morgan fingerprint density at radius 3 is 3.06 bits per heavy atom. The fourth-order valence-electron chi connectivity index (χ4n) is 1.91. The smallest absolute Gasteiger partial charge is 0.230 e. The number of hydrogen-bond donors (Lipinski definition) is 2. The van der Waals surface area contributed by atoms with E-state index in [-0.39, 0.29) is 23.8 Å². The first-order chi connectivity index (χ1) is 8.69. The van der Waals surface area contributed by atoms with Gasteiger partial charge >= 0.3 is 0 Å². The minimum atomic E-state index is -0.258. The van der Waals surface area contributed by atoms with Crippen molar-refractivity contribution in [1.82, 2.24) is 15.0 Å². The van der Waals surface area contributed by atoms with E-state index in [1.165, 1.54) is 16.8 Å². The average molecular weight is 244 g/mol. The first-order valence-electron chi connectivity index (χ1n) is 5.22. The standard InChI is InChI=1S/C11H8N4O3/c16-5-8-10-4-11(18)12-7-2-1-6(17)3-9(7)15(10)14-13-8/h1-3,5,17H,4H2,(H,12,18). The largest absolute Gasteiger partial charge is 0.508 e. The number of phenols is 1. The van der Waals surface area contributed by atoms with Crippen molar-refractivity contribution in [1.29, 1.82) is 0 Å². The second-order valence-electron chi connectivity index (χ2n) is 3.88. The molecule has 3 rings (SSSR count). The highest BCUT2D eigenvalue weighted by atomic mass is 16.3. The first kappa shape index (κ1) is 10.5. The molecule has 90 valence electrons. The molecule has 0 fully saturated rings. The zero-order chi connectivity index (χ0) is 12.7. The monoisotopic (exact) mass is 244 g/mol. The van der Waals surface area contributed by atoms with Crippen LogP contribution in [0.2, 0.25) is 0 Å². The Labute approximate surface area is 101 Å². The normalized spacial score (nSPS) is 13.2. The van der Waals surface area contributed by atoms with E-state index in [1.807, 2.05) is 0 Å². The number of anilines is 1. The van der Waals surface area contributed by atoms with Crippen molar-refractivity contribution in [2.24, 2.45) is 0 Å². The summed E-state index contributed by atoms with van der Waals surface area (Å²) in [4.78, 5) is 22.5. The molecule has 0 aliphatic carbocycles. The van der Waals surface area contributed by atoms with Gasteiger partial charge in [-0.05, 0) is 12.1 Å². The summed E-state index contributed by atoms with van der Waals surface area (Å²) in [7, 11) is 0. The van der Waals surface area contributed by atoms with Gasteiger partial charge in [0.05, 0.1) is 23.5 Å². The molecular weight excluding hydrogens is 236 g/mol. The van der Waals surface area contributed by atoms with Crippen LogP contribution < -0.4 is 5.32 Å². The van der Waals surface area contributed by atoms with Gasteiger partial charge in [-0.2, -0.15) is 0 Å². The lowest BCUT2D eigenvalue weighted by Crippen LogP contribution is -2.13. The lowest BCUT2D eigenvalue weighted by atomic mass is 10.2.